The highest BCUT2D eigenvalue weighted by Gasteiger charge is 2.21. The lowest BCUT2D eigenvalue weighted by Crippen LogP contribution is -2.08. The highest BCUT2D eigenvalue weighted by atomic mass is 16.5. The minimum Gasteiger partial charge on any atom is -0.497 e. The van der Waals surface area contributed by atoms with Crippen LogP contribution in [0.4, 0.5) is 0 Å². The summed E-state index contributed by atoms with van der Waals surface area (Å²) in [6.07, 6.45) is 7.57. The molecule has 110 valence electrons. The van der Waals surface area contributed by atoms with Gasteiger partial charge in [-0.05, 0) is 48.6 Å². The molecule has 1 atom stereocenters. The number of aromatic nitrogens is 1. The van der Waals surface area contributed by atoms with Gasteiger partial charge in [-0.1, -0.05) is 12.2 Å². The predicted molar refractivity (Wildman–Crippen MR) is 85.3 cm³/mol. The van der Waals surface area contributed by atoms with Crippen LogP contribution in [0.2, 0.25) is 0 Å². The Bertz CT molecular complexity index is 697. The van der Waals surface area contributed by atoms with Crippen LogP contribution >= 0.6 is 0 Å². The molecule has 1 aliphatic rings. The van der Waals surface area contributed by atoms with E-state index >= 15 is 0 Å². The molecular weight excluding hydrogens is 262 g/mol. The van der Waals surface area contributed by atoms with Gasteiger partial charge in [-0.2, -0.15) is 0 Å². The number of rotatable bonds is 3. The first-order valence-electron chi connectivity index (χ1n) is 7.21. The lowest BCUT2D eigenvalue weighted by Gasteiger charge is -2.22. The molecule has 0 aliphatic heterocycles. The number of ether oxygens (including phenoxy) is 2. The minimum atomic E-state index is 0.347. The van der Waals surface area contributed by atoms with Gasteiger partial charge < -0.3 is 14.5 Å². The van der Waals surface area contributed by atoms with Gasteiger partial charge in [0.1, 0.15) is 11.5 Å². The number of H-pyrrole nitrogens is 1. The monoisotopic (exact) mass is 283 g/mol. The largest absolute Gasteiger partial charge is 0.497 e. The first-order valence-corrected chi connectivity index (χ1v) is 7.21. The van der Waals surface area contributed by atoms with E-state index in [1.54, 1.807) is 14.2 Å². The number of methoxy groups -OCH3 is 2. The molecule has 0 fully saturated rings. The Morgan fingerprint density at radius 1 is 1.14 bits per heavy atom. The van der Waals surface area contributed by atoms with Crippen molar-refractivity contribution in [3.63, 3.8) is 0 Å². The van der Waals surface area contributed by atoms with Crippen LogP contribution in [0.1, 0.15) is 33.9 Å². The Morgan fingerprint density at radius 2 is 1.95 bits per heavy atom. The van der Waals surface area contributed by atoms with Crippen molar-refractivity contribution < 1.29 is 9.47 Å². The molecule has 1 aliphatic carbocycles. The summed E-state index contributed by atoms with van der Waals surface area (Å²) in [6.45, 7) is 4.25. The van der Waals surface area contributed by atoms with E-state index in [4.69, 9.17) is 9.47 Å². The second-order valence-corrected chi connectivity index (χ2v) is 5.58. The van der Waals surface area contributed by atoms with E-state index in [0.29, 0.717) is 5.92 Å². The molecule has 0 bridgehead atoms. The molecule has 2 aromatic rings. The summed E-state index contributed by atoms with van der Waals surface area (Å²) >= 11 is 0. The van der Waals surface area contributed by atoms with E-state index in [1.165, 1.54) is 27.9 Å². The van der Waals surface area contributed by atoms with Crippen molar-refractivity contribution in [1.82, 2.24) is 4.98 Å². The van der Waals surface area contributed by atoms with Gasteiger partial charge in [-0.15, -0.1) is 0 Å². The maximum atomic E-state index is 5.48. The van der Waals surface area contributed by atoms with Crippen LogP contribution in [0.15, 0.2) is 24.4 Å². The van der Waals surface area contributed by atoms with Crippen LogP contribution in [0.25, 0.3) is 6.08 Å². The Hall–Kier alpha value is -2.16. The number of hydrogen-bond donors (Lipinski definition) is 1. The van der Waals surface area contributed by atoms with E-state index in [1.807, 2.05) is 6.07 Å². The normalized spacial score (nSPS) is 16.7. The van der Waals surface area contributed by atoms with Crippen molar-refractivity contribution >= 4 is 6.08 Å². The fraction of sp³-hybridized carbons (Fsp3) is 0.333. The van der Waals surface area contributed by atoms with Crippen LogP contribution < -0.4 is 9.47 Å². The van der Waals surface area contributed by atoms with Gasteiger partial charge in [-0.25, -0.2) is 0 Å². The van der Waals surface area contributed by atoms with Gasteiger partial charge >= 0.3 is 0 Å². The molecule has 0 spiro atoms. The Morgan fingerprint density at radius 3 is 2.67 bits per heavy atom. The van der Waals surface area contributed by atoms with Gasteiger partial charge in [-0.3, -0.25) is 0 Å². The van der Waals surface area contributed by atoms with Gasteiger partial charge in [0.05, 0.1) is 14.2 Å². The summed E-state index contributed by atoms with van der Waals surface area (Å²) in [7, 11) is 3.39. The molecule has 1 unspecified atom stereocenters. The number of benzene rings is 1. The van der Waals surface area contributed by atoms with Gasteiger partial charge in [0.2, 0.25) is 0 Å². The third-order valence-corrected chi connectivity index (χ3v) is 4.36. The summed E-state index contributed by atoms with van der Waals surface area (Å²) in [5.74, 6) is 2.07. The highest BCUT2D eigenvalue weighted by molar-refractivity contribution is 5.62. The van der Waals surface area contributed by atoms with Crippen LogP contribution in [0.3, 0.4) is 0 Å². The summed E-state index contributed by atoms with van der Waals surface area (Å²) in [5.41, 5.74) is 6.39. The molecule has 1 aromatic heterocycles. The van der Waals surface area contributed by atoms with E-state index in [0.717, 1.165) is 17.9 Å². The molecule has 1 heterocycles. The van der Waals surface area contributed by atoms with Crippen molar-refractivity contribution in [3.05, 3.63) is 52.4 Å². The minimum absolute atomic E-state index is 0.347. The van der Waals surface area contributed by atoms with Gasteiger partial charge in [0.15, 0.2) is 0 Å². The maximum Gasteiger partial charge on any atom is 0.125 e. The first-order chi connectivity index (χ1) is 10.1. The molecule has 3 heteroatoms. The van der Waals surface area contributed by atoms with E-state index in [2.05, 4.69) is 43.2 Å². The number of allylic oxidation sites excluding steroid dienone is 1. The quantitative estimate of drug-likeness (QED) is 0.923. The third-order valence-electron chi connectivity index (χ3n) is 4.36. The Kier molecular flexibility index (Phi) is 3.50. The zero-order chi connectivity index (χ0) is 15.0. The van der Waals surface area contributed by atoms with Crippen molar-refractivity contribution in [3.8, 4) is 11.5 Å². The molecule has 1 aromatic carbocycles. The molecule has 0 saturated heterocycles. The molecule has 0 amide bonds. The highest BCUT2D eigenvalue weighted by Crippen LogP contribution is 2.37. The number of aromatic amines is 1. The molecule has 3 rings (SSSR count). The smallest absolute Gasteiger partial charge is 0.125 e. The summed E-state index contributed by atoms with van der Waals surface area (Å²) < 4.78 is 10.9. The Balaban J connectivity index is 2.02. The SMILES string of the molecule is COc1cc(OC)c(C)c(C2C=Cc3c(C)c[nH]c3C2)c1. The van der Waals surface area contributed by atoms with Crippen molar-refractivity contribution in [2.75, 3.05) is 14.2 Å². The summed E-state index contributed by atoms with van der Waals surface area (Å²) in [5, 5.41) is 0. The average Bonchev–Trinajstić information content (AvgIpc) is 2.88. The van der Waals surface area contributed by atoms with Crippen molar-refractivity contribution in [2.24, 2.45) is 0 Å². The lowest BCUT2D eigenvalue weighted by molar-refractivity contribution is 0.391. The molecule has 0 saturated carbocycles. The second-order valence-electron chi connectivity index (χ2n) is 5.58. The average molecular weight is 283 g/mol. The maximum absolute atomic E-state index is 5.48. The van der Waals surface area contributed by atoms with Gasteiger partial charge in [0.25, 0.3) is 0 Å². The van der Waals surface area contributed by atoms with Crippen LogP contribution in [0, 0.1) is 13.8 Å². The van der Waals surface area contributed by atoms with Crippen LogP contribution in [-0.2, 0) is 6.42 Å². The Labute approximate surface area is 125 Å². The van der Waals surface area contributed by atoms with E-state index in [-0.39, 0.29) is 0 Å². The van der Waals surface area contributed by atoms with E-state index in [9.17, 15) is 0 Å². The zero-order valence-corrected chi connectivity index (χ0v) is 13.0. The summed E-state index contributed by atoms with van der Waals surface area (Å²) in [4.78, 5) is 3.39. The number of nitrogens with one attached hydrogen (secondary N) is 1. The zero-order valence-electron chi connectivity index (χ0n) is 13.0. The molecule has 1 N–H and O–H groups in total. The molecular formula is C18H21NO2. The van der Waals surface area contributed by atoms with Crippen molar-refractivity contribution in [1.29, 1.82) is 0 Å². The summed E-state index contributed by atoms with van der Waals surface area (Å²) in [6, 6.07) is 4.06. The second kappa shape index (κ2) is 5.32. The number of aryl methyl sites for hydroxylation is 1. The lowest BCUT2D eigenvalue weighted by atomic mass is 9.85. The molecule has 21 heavy (non-hydrogen) atoms. The standard InChI is InChI=1S/C18H21NO2/c1-11-10-19-17-7-13(5-6-15(11)17)16-8-14(20-3)9-18(21-4)12(16)2/h5-6,8-10,13,19H,7H2,1-4H3. The van der Waals surface area contributed by atoms with Gasteiger partial charge in [0, 0.05) is 23.9 Å². The first kappa shape index (κ1) is 13.8. The van der Waals surface area contributed by atoms with Crippen LogP contribution in [-0.4, -0.2) is 19.2 Å². The number of hydrogen-bond acceptors (Lipinski definition) is 2. The van der Waals surface area contributed by atoms with E-state index < -0.39 is 0 Å². The van der Waals surface area contributed by atoms with Crippen LogP contribution in [0.5, 0.6) is 11.5 Å². The fourth-order valence-corrected chi connectivity index (χ4v) is 3.10. The molecule has 0 radical (unpaired) electrons. The molecule has 3 nitrogen and oxygen atoms in total. The predicted octanol–water partition coefficient (Wildman–Crippen LogP) is 4.00. The topological polar surface area (TPSA) is 34.2 Å². The third kappa shape index (κ3) is 2.33. The fourth-order valence-electron chi connectivity index (χ4n) is 3.10. The number of fused-ring (bicyclic) bond motifs is 1. The van der Waals surface area contributed by atoms with Crippen molar-refractivity contribution in [2.45, 2.75) is 26.2 Å².